The summed E-state index contributed by atoms with van der Waals surface area (Å²) in [7, 11) is 1.66. The first-order valence-corrected chi connectivity index (χ1v) is 8.18. The van der Waals surface area contributed by atoms with Crippen LogP contribution in [0.15, 0.2) is 42.7 Å². The number of pyridine rings is 1. The van der Waals surface area contributed by atoms with Crippen LogP contribution in [0.4, 0.5) is 0 Å². The molecule has 2 N–H and O–H groups in total. The van der Waals surface area contributed by atoms with Gasteiger partial charge in [0.25, 0.3) is 0 Å². The molecule has 2 atom stereocenters. The maximum Gasteiger partial charge on any atom is 0.164 e. The van der Waals surface area contributed by atoms with Crippen molar-refractivity contribution in [3.8, 4) is 5.75 Å². The summed E-state index contributed by atoms with van der Waals surface area (Å²) in [5.41, 5.74) is 3.01. The predicted molar refractivity (Wildman–Crippen MR) is 91.1 cm³/mol. The number of aromatic nitrogens is 1. The van der Waals surface area contributed by atoms with Crippen molar-refractivity contribution in [2.24, 2.45) is 0 Å². The number of ether oxygens (including phenoxy) is 1. The van der Waals surface area contributed by atoms with Crippen molar-refractivity contribution in [3.05, 3.63) is 59.4 Å². The van der Waals surface area contributed by atoms with Crippen LogP contribution in [0.2, 0.25) is 0 Å². The van der Waals surface area contributed by atoms with Crippen LogP contribution in [0.3, 0.4) is 0 Å². The van der Waals surface area contributed by atoms with E-state index in [1.807, 2.05) is 12.1 Å². The van der Waals surface area contributed by atoms with Crippen molar-refractivity contribution in [1.29, 1.82) is 0 Å². The molecule has 0 aliphatic carbocycles. The smallest absolute Gasteiger partial charge is 0.164 e. The Balaban J connectivity index is 1.56. The molecular weight excluding hydrogens is 304 g/mol. The van der Waals surface area contributed by atoms with Crippen molar-refractivity contribution >= 4 is 5.78 Å². The molecule has 126 valence electrons. The first-order valence-electron chi connectivity index (χ1n) is 8.18. The summed E-state index contributed by atoms with van der Waals surface area (Å²) >= 11 is 0. The number of Topliss-reactive ketones (excluding diaryl/α,β-unsaturated/α-hetero) is 1. The maximum atomic E-state index is 12.1. The zero-order chi connectivity index (χ0) is 16.9. The summed E-state index contributed by atoms with van der Waals surface area (Å²) in [6.07, 6.45) is 4.17. The molecule has 3 rings (SSSR count). The molecule has 0 amide bonds. The van der Waals surface area contributed by atoms with Crippen molar-refractivity contribution in [3.63, 3.8) is 0 Å². The molecule has 24 heavy (non-hydrogen) atoms. The van der Waals surface area contributed by atoms with E-state index in [-0.39, 0.29) is 11.8 Å². The van der Waals surface area contributed by atoms with Crippen LogP contribution in [-0.2, 0) is 13.0 Å². The summed E-state index contributed by atoms with van der Waals surface area (Å²) in [4.78, 5) is 16.1. The van der Waals surface area contributed by atoms with Crippen LogP contribution in [0.5, 0.6) is 5.75 Å². The van der Waals surface area contributed by atoms with Gasteiger partial charge in [-0.1, -0.05) is 6.07 Å². The Kier molecular flexibility index (Phi) is 5.23. The number of nitrogens with zero attached hydrogens (tertiary/aromatic N) is 1. The fourth-order valence-electron chi connectivity index (χ4n) is 3.07. The first kappa shape index (κ1) is 16.6. The standard InChI is InChI=1S/C19H22N2O3/c1-24-16-5-4-13-10-17(21-12-15(13)9-16)19(23)7-6-18(22)14-3-2-8-20-11-14/h2-5,8-9,11,17,19,21,23H,6-7,10,12H2,1H3/t17-,19+/m0/s1. The van der Waals surface area contributed by atoms with E-state index in [9.17, 15) is 9.90 Å². The zero-order valence-electron chi connectivity index (χ0n) is 13.7. The SMILES string of the molecule is COc1ccc2c(c1)CN[C@H]([C@H](O)CCC(=O)c1cccnc1)C2. The molecule has 5 heteroatoms. The van der Waals surface area contributed by atoms with Gasteiger partial charge in [-0.15, -0.1) is 0 Å². The Morgan fingerprint density at radius 3 is 3.04 bits per heavy atom. The number of ketones is 1. The second-order valence-electron chi connectivity index (χ2n) is 6.10. The molecule has 0 unspecified atom stereocenters. The summed E-state index contributed by atoms with van der Waals surface area (Å²) < 4.78 is 5.24. The molecule has 1 aromatic carbocycles. The van der Waals surface area contributed by atoms with E-state index in [1.165, 1.54) is 11.1 Å². The molecule has 0 saturated carbocycles. The topological polar surface area (TPSA) is 71.4 Å². The van der Waals surface area contributed by atoms with E-state index in [0.29, 0.717) is 24.9 Å². The number of rotatable bonds is 6. The number of nitrogens with one attached hydrogen (secondary N) is 1. The quantitative estimate of drug-likeness (QED) is 0.796. The number of carbonyl (C=O) groups is 1. The monoisotopic (exact) mass is 326 g/mol. The molecule has 0 radical (unpaired) electrons. The molecule has 2 aromatic rings. The molecule has 0 fully saturated rings. The van der Waals surface area contributed by atoms with Crippen molar-refractivity contribution < 1.29 is 14.6 Å². The number of hydrogen-bond acceptors (Lipinski definition) is 5. The van der Waals surface area contributed by atoms with E-state index >= 15 is 0 Å². The maximum absolute atomic E-state index is 12.1. The van der Waals surface area contributed by atoms with Gasteiger partial charge in [-0.2, -0.15) is 0 Å². The van der Waals surface area contributed by atoms with Gasteiger partial charge < -0.3 is 15.2 Å². The second-order valence-corrected chi connectivity index (χ2v) is 6.10. The fraction of sp³-hybridized carbons (Fsp3) is 0.368. The first-order chi connectivity index (χ1) is 11.7. The van der Waals surface area contributed by atoms with Crippen LogP contribution >= 0.6 is 0 Å². The van der Waals surface area contributed by atoms with E-state index in [2.05, 4.69) is 16.4 Å². The number of aliphatic hydroxyl groups excluding tert-OH is 1. The molecule has 0 saturated heterocycles. The molecule has 0 spiro atoms. The Labute approximate surface area is 141 Å². The third-order valence-electron chi connectivity index (χ3n) is 4.52. The highest BCUT2D eigenvalue weighted by Crippen LogP contribution is 2.24. The minimum absolute atomic E-state index is 0.0168. The summed E-state index contributed by atoms with van der Waals surface area (Å²) in [5, 5.41) is 13.8. The van der Waals surface area contributed by atoms with Gasteiger partial charge in [-0.25, -0.2) is 0 Å². The van der Waals surface area contributed by atoms with Crippen LogP contribution in [0, 0.1) is 0 Å². The zero-order valence-corrected chi connectivity index (χ0v) is 13.7. The third-order valence-corrected chi connectivity index (χ3v) is 4.52. The molecule has 1 aliphatic heterocycles. The van der Waals surface area contributed by atoms with E-state index in [0.717, 1.165) is 12.2 Å². The number of fused-ring (bicyclic) bond motifs is 1. The average Bonchev–Trinajstić information content (AvgIpc) is 2.65. The van der Waals surface area contributed by atoms with Crippen LogP contribution in [0.25, 0.3) is 0 Å². The molecule has 5 nitrogen and oxygen atoms in total. The lowest BCUT2D eigenvalue weighted by Crippen LogP contribution is -2.44. The predicted octanol–water partition coefficient (Wildman–Crippen LogP) is 2.13. The van der Waals surface area contributed by atoms with E-state index in [4.69, 9.17) is 4.74 Å². The largest absolute Gasteiger partial charge is 0.497 e. The van der Waals surface area contributed by atoms with Gasteiger partial charge in [0.2, 0.25) is 0 Å². The number of methoxy groups -OCH3 is 1. The van der Waals surface area contributed by atoms with Crippen LogP contribution in [-0.4, -0.2) is 35.1 Å². The normalized spacial score (nSPS) is 17.8. The summed E-state index contributed by atoms with van der Waals surface area (Å²) in [6.45, 7) is 0.699. The number of benzene rings is 1. The number of hydrogen-bond donors (Lipinski definition) is 2. The van der Waals surface area contributed by atoms with Crippen molar-refractivity contribution in [2.45, 2.75) is 38.0 Å². The van der Waals surface area contributed by atoms with Gasteiger partial charge in [0.05, 0.1) is 13.2 Å². The summed E-state index contributed by atoms with van der Waals surface area (Å²) in [5.74, 6) is 0.861. The van der Waals surface area contributed by atoms with Gasteiger partial charge in [-0.3, -0.25) is 9.78 Å². The third kappa shape index (κ3) is 3.80. The van der Waals surface area contributed by atoms with Gasteiger partial charge in [0.1, 0.15) is 5.75 Å². The van der Waals surface area contributed by atoms with Gasteiger partial charge >= 0.3 is 0 Å². The van der Waals surface area contributed by atoms with Crippen molar-refractivity contribution in [2.75, 3.05) is 7.11 Å². The highest BCUT2D eigenvalue weighted by Gasteiger charge is 2.25. The van der Waals surface area contributed by atoms with Crippen molar-refractivity contribution in [1.82, 2.24) is 10.3 Å². The van der Waals surface area contributed by atoms with E-state index in [1.54, 1.807) is 31.6 Å². The summed E-state index contributed by atoms with van der Waals surface area (Å²) in [6, 6.07) is 9.49. The second kappa shape index (κ2) is 7.55. The highest BCUT2D eigenvalue weighted by atomic mass is 16.5. The molecule has 0 bridgehead atoms. The lowest BCUT2D eigenvalue weighted by molar-refractivity contribution is 0.0877. The molecular formula is C19H22N2O3. The molecule has 1 aromatic heterocycles. The lowest BCUT2D eigenvalue weighted by Gasteiger charge is -2.30. The van der Waals surface area contributed by atoms with Gasteiger partial charge in [0.15, 0.2) is 5.78 Å². The Bertz CT molecular complexity index is 703. The van der Waals surface area contributed by atoms with Crippen LogP contribution < -0.4 is 10.1 Å². The average molecular weight is 326 g/mol. The Morgan fingerprint density at radius 1 is 1.42 bits per heavy atom. The van der Waals surface area contributed by atoms with Crippen LogP contribution in [0.1, 0.15) is 34.3 Å². The lowest BCUT2D eigenvalue weighted by atomic mass is 9.90. The number of carbonyl (C=O) groups excluding carboxylic acids is 1. The Hall–Kier alpha value is -2.24. The van der Waals surface area contributed by atoms with E-state index < -0.39 is 6.10 Å². The minimum Gasteiger partial charge on any atom is -0.497 e. The fourth-order valence-corrected chi connectivity index (χ4v) is 3.07. The number of aliphatic hydroxyl groups is 1. The van der Waals surface area contributed by atoms with Gasteiger partial charge in [0, 0.05) is 37.0 Å². The Morgan fingerprint density at radius 2 is 2.29 bits per heavy atom. The highest BCUT2D eigenvalue weighted by molar-refractivity contribution is 5.95. The molecule has 1 aliphatic rings. The minimum atomic E-state index is -0.555. The van der Waals surface area contributed by atoms with Gasteiger partial charge in [-0.05, 0) is 48.2 Å². The molecule has 2 heterocycles.